The van der Waals surface area contributed by atoms with Crippen LogP contribution in [-0.2, 0) is 13.1 Å². The molecule has 0 unspecified atom stereocenters. The van der Waals surface area contributed by atoms with E-state index < -0.39 is 0 Å². The number of carbonyl (C=O) groups excluding carboxylic acids is 1. The van der Waals surface area contributed by atoms with E-state index >= 15 is 0 Å². The minimum atomic E-state index is -0.182. The van der Waals surface area contributed by atoms with Crippen LogP contribution in [0.4, 0.5) is 0 Å². The lowest BCUT2D eigenvalue weighted by atomic mass is 10.1. The molecule has 6 heteroatoms. The predicted octanol–water partition coefficient (Wildman–Crippen LogP) is 3.40. The van der Waals surface area contributed by atoms with Crippen LogP contribution < -0.4 is 5.56 Å². The van der Waals surface area contributed by atoms with Crippen LogP contribution in [0.15, 0.2) is 89.7 Å². The Hall–Kier alpha value is -3.77. The molecule has 0 radical (unpaired) electrons. The fourth-order valence-corrected chi connectivity index (χ4v) is 4.36. The van der Waals surface area contributed by atoms with Crippen molar-refractivity contribution >= 4 is 16.7 Å². The van der Waals surface area contributed by atoms with Crippen molar-refractivity contribution in [3.8, 4) is 0 Å². The fourth-order valence-electron chi connectivity index (χ4n) is 4.36. The average Bonchev–Trinajstić information content (AvgIpc) is 2.87. The van der Waals surface area contributed by atoms with Gasteiger partial charge in [0, 0.05) is 38.1 Å². The minimum absolute atomic E-state index is 0.118. The van der Waals surface area contributed by atoms with Gasteiger partial charge in [-0.2, -0.15) is 5.10 Å². The maximum atomic E-state index is 13.5. The third-order valence-electron chi connectivity index (χ3n) is 6.15. The average molecular weight is 439 g/mol. The molecule has 6 nitrogen and oxygen atoms in total. The minimum Gasteiger partial charge on any atom is -0.335 e. The highest BCUT2D eigenvalue weighted by atomic mass is 16.2. The van der Waals surface area contributed by atoms with Crippen molar-refractivity contribution in [3.05, 3.63) is 112 Å². The van der Waals surface area contributed by atoms with Gasteiger partial charge in [-0.15, -0.1) is 0 Å². The van der Waals surface area contributed by atoms with E-state index in [-0.39, 0.29) is 11.5 Å². The highest BCUT2D eigenvalue weighted by Crippen LogP contribution is 2.17. The summed E-state index contributed by atoms with van der Waals surface area (Å²) < 4.78 is 1.41. The molecule has 0 bridgehead atoms. The largest absolute Gasteiger partial charge is 0.335 e. The summed E-state index contributed by atoms with van der Waals surface area (Å²) in [6.45, 7) is 4.10. The van der Waals surface area contributed by atoms with E-state index in [1.807, 2.05) is 59.5 Å². The molecule has 3 aromatic carbocycles. The maximum absolute atomic E-state index is 13.5. The van der Waals surface area contributed by atoms with Gasteiger partial charge in [-0.1, -0.05) is 78.9 Å². The predicted molar refractivity (Wildman–Crippen MR) is 129 cm³/mol. The zero-order valence-electron chi connectivity index (χ0n) is 18.4. The Morgan fingerprint density at radius 1 is 0.697 bits per heavy atom. The summed E-state index contributed by atoms with van der Waals surface area (Å²) in [5.41, 5.74) is 2.41. The van der Waals surface area contributed by atoms with Crippen LogP contribution in [0.2, 0.25) is 0 Å². The number of fused-ring (bicyclic) bond motifs is 1. The highest BCUT2D eigenvalue weighted by Gasteiger charge is 2.26. The Labute approximate surface area is 192 Å². The van der Waals surface area contributed by atoms with Crippen molar-refractivity contribution in [2.45, 2.75) is 13.1 Å². The van der Waals surface area contributed by atoms with Gasteiger partial charge in [-0.25, -0.2) is 4.68 Å². The van der Waals surface area contributed by atoms with Crippen LogP contribution in [0.25, 0.3) is 10.8 Å². The Balaban J connectivity index is 1.39. The molecule has 0 spiro atoms. The first kappa shape index (κ1) is 21.1. The summed E-state index contributed by atoms with van der Waals surface area (Å²) >= 11 is 0. The van der Waals surface area contributed by atoms with E-state index in [0.29, 0.717) is 36.1 Å². The summed E-state index contributed by atoms with van der Waals surface area (Å²) in [5.74, 6) is -0.118. The fraction of sp³-hybridized carbons (Fsp3) is 0.222. The number of piperazine rings is 1. The topological polar surface area (TPSA) is 58.4 Å². The summed E-state index contributed by atoms with van der Waals surface area (Å²) in [6, 6.07) is 27.4. The van der Waals surface area contributed by atoms with Gasteiger partial charge in [0.05, 0.1) is 11.9 Å². The summed E-state index contributed by atoms with van der Waals surface area (Å²) in [6.07, 6.45) is 0. The number of nitrogens with zero attached hydrogens (tertiary/aromatic N) is 4. The molecule has 1 aromatic heterocycles. The molecule has 0 aliphatic carbocycles. The zero-order chi connectivity index (χ0) is 22.6. The Bertz CT molecular complexity index is 1310. The molecule has 1 amide bonds. The molecule has 0 N–H and O–H groups in total. The zero-order valence-corrected chi connectivity index (χ0v) is 18.4. The molecule has 5 rings (SSSR count). The number of aromatic nitrogens is 2. The van der Waals surface area contributed by atoms with E-state index in [9.17, 15) is 9.59 Å². The van der Waals surface area contributed by atoms with Crippen molar-refractivity contribution in [1.29, 1.82) is 0 Å². The monoisotopic (exact) mass is 438 g/mol. The molecule has 166 valence electrons. The number of carbonyl (C=O) groups is 1. The second kappa shape index (κ2) is 9.38. The summed E-state index contributed by atoms with van der Waals surface area (Å²) in [5, 5.41) is 5.69. The quantitative estimate of drug-likeness (QED) is 0.479. The number of benzene rings is 3. The van der Waals surface area contributed by atoms with Crippen molar-refractivity contribution in [1.82, 2.24) is 19.6 Å². The Kier molecular flexibility index (Phi) is 6.00. The van der Waals surface area contributed by atoms with E-state index in [4.69, 9.17) is 0 Å². The highest BCUT2D eigenvalue weighted by molar-refractivity contribution is 6.04. The third kappa shape index (κ3) is 4.56. The maximum Gasteiger partial charge on any atom is 0.275 e. The van der Waals surface area contributed by atoms with Gasteiger partial charge in [-0.3, -0.25) is 14.5 Å². The van der Waals surface area contributed by atoms with Gasteiger partial charge in [0.1, 0.15) is 0 Å². The lowest BCUT2D eigenvalue weighted by Crippen LogP contribution is -2.48. The van der Waals surface area contributed by atoms with Crippen molar-refractivity contribution < 1.29 is 4.79 Å². The Morgan fingerprint density at radius 3 is 1.88 bits per heavy atom. The number of hydrogen-bond acceptors (Lipinski definition) is 4. The molecular weight excluding hydrogens is 412 g/mol. The molecule has 1 aliphatic rings. The Morgan fingerprint density at radius 2 is 1.24 bits per heavy atom. The lowest BCUT2D eigenvalue weighted by molar-refractivity contribution is 0.0622. The van der Waals surface area contributed by atoms with Gasteiger partial charge < -0.3 is 4.90 Å². The number of rotatable bonds is 5. The van der Waals surface area contributed by atoms with Crippen molar-refractivity contribution in [2.75, 3.05) is 26.2 Å². The second-order valence-electron chi connectivity index (χ2n) is 8.40. The van der Waals surface area contributed by atoms with E-state index in [1.54, 1.807) is 6.07 Å². The van der Waals surface area contributed by atoms with Crippen LogP contribution in [-0.4, -0.2) is 51.7 Å². The van der Waals surface area contributed by atoms with Gasteiger partial charge in [0.25, 0.3) is 11.5 Å². The van der Waals surface area contributed by atoms with Gasteiger partial charge in [-0.05, 0) is 17.2 Å². The molecule has 2 heterocycles. The van der Waals surface area contributed by atoms with Crippen LogP contribution in [0.5, 0.6) is 0 Å². The van der Waals surface area contributed by atoms with E-state index in [1.165, 1.54) is 10.2 Å². The number of amides is 1. The van der Waals surface area contributed by atoms with Gasteiger partial charge in [0.2, 0.25) is 0 Å². The number of hydrogen-bond donors (Lipinski definition) is 0. The first-order chi connectivity index (χ1) is 16.2. The van der Waals surface area contributed by atoms with E-state index in [0.717, 1.165) is 25.2 Å². The molecule has 1 aliphatic heterocycles. The van der Waals surface area contributed by atoms with Crippen LogP contribution in [0.1, 0.15) is 21.6 Å². The third-order valence-corrected chi connectivity index (χ3v) is 6.15. The van der Waals surface area contributed by atoms with E-state index in [2.05, 4.69) is 34.3 Å². The summed E-state index contributed by atoms with van der Waals surface area (Å²) in [7, 11) is 0. The van der Waals surface area contributed by atoms with Crippen LogP contribution in [0, 0.1) is 0 Å². The molecule has 0 saturated carbocycles. The smallest absolute Gasteiger partial charge is 0.275 e. The normalized spacial score (nSPS) is 14.5. The summed E-state index contributed by atoms with van der Waals surface area (Å²) in [4.78, 5) is 30.8. The standard InChI is InChI=1S/C27H26N4O2/c32-26-24-14-8-7-13-23(24)25(28-31(26)20-22-11-5-2-6-12-22)27(33)30-17-15-29(16-18-30)19-21-9-3-1-4-10-21/h1-14H,15-20H2. The molecule has 1 fully saturated rings. The molecule has 4 aromatic rings. The molecule has 33 heavy (non-hydrogen) atoms. The first-order valence-electron chi connectivity index (χ1n) is 11.3. The van der Waals surface area contributed by atoms with Gasteiger partial charge in [0.15, 0.2) is 5.69 Å². The first-order valence-corrected chi connectivity index (χ1v) is 11.3. The molecule has 0 atom stereocenters. The molecule has 1 saturated heterocycles. The second-order valence-corrected chi connectivity index (χ2v) is 8.40. The van der Waals surface area contributed by atoms with Crippen LogP contribution in [0.3, 0.4) is 0 Å². The van der Waals surface area contributed by atoms with Gasteiger partial charge >= 0.3 is 0 Å². The van der Waals surface area contributed by atoms with Crippen LogP contribution >= 0.6 is 0 Å². The van der Waals surface area contributed by atoms with Crippen molar-refractivity contribution in [2.24, 2.45) is 0 Å². The van der Waals surface area contributed by atoms with Crippen molar-refractivity contribution in [3.63, 3.8) is 0 Å². The SMILES string of the molecule is O=C(c1nn(Cc2ccccc2)c(=O)c2ccccc12)N1CCN(Cc2ccccc2)CC1. The lowest BCUT2D eigenvalue weighted by Gasteiger charge is -2.34. The molecular formula is C27H26N4O2.